The summed E-state index contributed by atoms with van der Waals surface area (Å²) in [5, 5.41) is 8.69. The molecule has 0 radical (unpaired) electrons. The molecule has 0 aliphatic carbocycles. The highest BCUT2D eigenvalue weighted by atomic mass is 16.5. The molecule has 0 saturated carbocycles. The van der Waals surface area contributed by atoms with Gasteiger partial charge in [-0.25, -0.2) is 4.98 Å². The van der Waals surface area contributed by atoms with Crippen molar-refractivity contribution in [2.45, 2.75) is 18.8 Å². The first kappa shape index (κ1) is 8.72. The van der Waals surface area contributed by atoms with E-state index < -0.39 is 0 Å². The Hall–Kier alpha value is -0.870. The van der Waals surface area contributed by atoms with E-state index in [1.54, 1.807) is 6.26 Å². The molecule has 4 heteroatoms. The van der Waals surface area contributed by atoms with Crippen molar-refractivity contribution in [3.05, 3.63) is 17.8 Å². The molecule has 0 bridgehead atoms. The van der Waals surface area contributed by atoms with Gasteiger partial charge >= 0.3 is 0 Å². The monoisotopic (exact) mass is 183 g/mol. The van der Waals surface area contributed by atoms with Crippen LogP contribution >= 0.6 is 0 Å². The standard InChI is InChI=1S/C9H13NO3/c11-3-1-8-6-13-9(10-8)7-2-4-12-5-7/h6-7,11H,1-5H2. The van der Waals surface area contributed by atoms with Crippen LogP contribution in [0.2, 0.25) is 0 Å². The topological polar surface area (TPSA) is 55.5 Å². The van der Waals surface area contributed by atoms with E-state index in [9.17, 15) is 0 Å². The van der Waals surface area contributed by atoms with Crippen molar-refractivity contribution in [2.24, 2.45) is 0 Å². The van der Waals surface area contributed by atoms with Crippen LogP contribution in [-0.4, -0.2) is 29.9 Å². The third-order valence-corrected chi connectivity index (χ3v) is 2.22. The summed E-state index contributed by atoms with van der Waals surface area (Å²) in [5.74, 6) is 1.06. The Bertz CT molecular complexity index is 266. The van der Waals surface area contributed by atoms with Gasteiger partial charge in [-0.2, -0.15) is 0 Å². The largest absolute Gasteiger partial charge is 0.448 e. The molecule has 72 valence electrons. The SMILES string of the molecule is OCCc1coc(C2CCOC2)n1. The fourth-order valence-corrected chi connectivity index (χ4v) is 1.47. The quantitative estimate of drug-likeness (QED) is 0.750. The van der Waals surface area contributed by atoms with E-state index in [1.807, 2.05) is 0 Å². The molecule has 1 unspecified atom stereocenters. The van der Waals surface area contributed by atoms with Crippen molar-refractivity contribution in [3.63, 3.8) is 0 Å². The highest BCUT2D eigenvalue weighted by Crippen LogP contribution is 2.24. The van der Waals surface area contributed by atoms with E-state index in [4.69, 9.17) is 14.3 Å². The van der Waals surface area contributed by atoms with Crippen molar-refractivity contribution >= 4 is 0 Å². The van der Waals surface area contributed by atoms with Crippen LogP contribution in [0, 0.1) is 0 Å². The van der Waals surface area contributed by atoms with Gasteiger partial charge in [-0.1, -0.05) is 0 Å². The van der Waals surface area contributed by atoms with Gasteiger partial charge in [0.25, 0.3) is 0 Å². The lowest BCUT2D eigenvalue weighted by atomic mass is 10.1. The zero-order valence-corrected chi connectivity index (χ0v) is 7.40. The molecule has 1 N–H and O–H groups in total. The second-order valence-electron chi connectivity index (χ2n) is 3.21. The number of hydrogen-bond acceptors (Lipinski definition) is 4. The lowest BCUT2D eigenvalue weighted by molar-refractivity contribution is 0.190. The molecule has 2 rings (SSSR count). The van der Waals surface area contributed by atoms with Gasteiger partial charge in [0.1, 0.15) is 6.26 Å². The normalized spacial score (nSPS) is 22.4. The predicted molar refractivity (Wildman–Crippen MR) is 45.5 cm³/mol. The predicted octanol–water partition coefficient (Wildman–Crippen LogP) is 0.713. The number of aliphatic hydroxyl groups is 1. The van der Waals surface area contributed by atoms with Crippen LogP contribution in [0.1, 0.15) is 23.9 Å². The van der Waals surface area contributed by atoms with Crippen LogP contribution in [0.15, 0.2) is 10.7 Å². The fraction of sp³-hybridized carbons (Fsp3) is 0.667. The summed E-state index contributed by atoms with van der Waals surface area (Å²) in [7, 11) is 0. The van der Waals surface area contributed by atoms with Gasteiger partial charge in [0.05, 0.1) is 18.2 Å². The average Bonchev–Trinajstić information content (AvgIpc) is 2.70. The van der Waals surface area contributed by atoms with Gasteiger partial charge < -0.3 is 14.3 Å². The van der Waals surface area contributed by atoms with Gasteiger partial charge in [0.15, 0.2) is 5.89 Å². The molecule has 2 heterocycles. The van der Waals surface area contributed by atoms with Crippen molar-refractivity contribution in [2.75, 3.05) is 19.8 Å². The minimum atomic E-state index is 0.118. The van der Waals surface area contributed by atoms with E-state index in [0.717, 1.165) is 24.6 Å². The molecule has 0 amide bonds. The zero-order chi connectivity index (χ0) is 9.10. The first-order chi connectivity index (χ1) is 6.40. The summed E-state index contributed by atoms with van der Waals surface area (Å²) >= 11 is 0. The zero-order valence-electron chi connectivity index (χ0n) is 7.40. The number of rotatable bonds is 3. The maximum absolute atomic E-state index is 8.69. The molecule has 1 saturated heterocycles. The van der Waals surface area contributed by atoms with E-state index in [0.29, 0.717) is 18.9 Å². The van der Waals surface area contributed by atoms with Crippen molar-refractivity contribution in [1.29, 1.82) is 0 Å². The van der Waals surface area contributed by atoms with Gasteiger partial charge in [-0.05, 0) is 6.42 Å². The second kappa shape index (κ2) is 3.89. The van der Waals surface area contributed by atoms with Crippen LogP contribution in [0.3, 0.4) is 0 Å². The molecule has 1 aliphatic rings. The van der Waals surface area contributed by atoms with Gasteiger partial charge in [-0.15, -0.1) is 0 Å². The first-order valence-corrected chi connectivity index (χ1v) is 4.53. The lowest BCUT2D eigenvalue weighted by Gasteiger charge is -1.98. The minimum Gasteiger partial charge on any atom is -0.448 e. The van der Waals surface area contributed by atoms with Crippen LogP contribution in [0.25, 0.3) is 0 Å². The molecular formula is C9H13NO3. The summed E-state index contributed by atoms with van der Waals surface area (Å²) in [6.45, 7) is 1.62. The smallest absolute Gasteiger partial charge is 0.199 e. The molecule has 1 fully saturated rings. The highest BCUT2D eigenvalue weighted by molar-refractivity contribution is 5.02. The van der Waals surface area contributed by atoms with E-state index in [1.165, 1.54) is 0 Å². The Balaban J connectivity index is 2.03. The highest BCUT2D eigenvalue weighted by Gasteiger charge is 2.22. The molecule has 1 atom stereocenters. The molecule has 4 nitrogen and oxygen atoms in total. The van der Waals surface area contributed by atoms with Gasteiger partial charge in [0.2, 0.25) is 0 Å². The second-order valence-corrected chi connectivity index (χ2v) is 3.21. The molecule has 1 aliphatic heterocycles. The number of aliphatic hydroxyl groups excluding tert-OH is 1. The fourth-order valence-electron chi connectivity index (χ4n) is 1.47. The number of oxazole rings is 1. The van der Waals surface area contributed by atoms with Crippen LogP contribution in [0.4, 0.5) is 0 Å². The Morgan fingerprint density at radius 1 is 1.62 bits per heavy atom. The summed E-state index contributed by atoms with van der Waals surface area (Å²) < 4.78 is 10.5. The van der Waals surface area contributed by atoms with Crippen LogP contribution in [0.5, 0.6) is 0 Å². The molecule has 0 spiro atoms. The molecule has 1 aromatic heterocycles. The third kappa shape index (κ3) is 1.89. The Kier molecular flexibility index (Phi) is 2.61. The van der Waals surface area contributed by atoms with E-state index in [-0.39, 0.29) is 6.61 Å². The Morgan fingerprint density at radius 2 is 2.54 bits per heavy atom. The first-order valence-electron chi connectivity index (χ1n) is 4.53. The third-order valence-electron chi connectivity index (χ3n) is 2.22. The number of nitrogens with zero attached hydrogens (tertiary/aromatic N) is 1. The molecule has 13 heavy (non-hydrogen) atoms. The van der Waals surface area contributed by atoms with Crippen LogP contribution in [-0.2, 0) is 11.2 Å². The number of ether oxygens (including phenoxy) is 1. The average molecular weight is 183 g/mol. The maximum atomic E-state index is 8.69. The molecule has 1 aromatic rings. The number of aromatic nitrogens is 1. The lowest BCUT2D eigenvalue weighted by Crippen LogP contribution is -1.98. The summed E-state index contributed by atoms with van der Waals surface area (Å²) in [6.07, 6.45) is 3.17. The molecular weight excluding hydrogens is 170 g/mol. The number of hydrogen-bond donors (Lipinski definition) is 1. The van der Waals surface area contributed by atoms with Crippen molar-refractivity contribution in [1.82, 2.24) is 4.98 Å². The van der Waals surface area contributed by atoms with Gasteiger partial charge in [0, 0.05) is 19.6 Å². The van der Waals surface area contributed by atoms with Gasteiger partial charge in [-0.3, -0.25) is 0 Å². The molecule has 0 aromatic carbocycles. The van der Waals surface area contributed by atoms with E-state index in [2.05, 4.69) is 4.98 Å². The Morgan fingerprint density at radius 3 is 3.23 bits per heavy atom. The summed E-state index contributed by atoms with van der Waals surface area (Å²) in [4.78, 5) is 4.28. The minimum absolute atomic E-state index is 0.118. The summed E-state index contributed by atoms with van der Waals surface area (Å²) in [5.41, 5.74) is 0.824. The summed E-state index contributed by atoms with van der Waals surface area (Å²) in [6, 6.07) is 0. The van der Waals surface area contributed by atoms with Crippen molar-refractivity contribution in [3.8, 4) is 0 Å². The van der Waals surface area contributed by atoms with Crippen LogP contribution < -0.4 is 0 Å². The van der Waals surface area contributed by atoms with Crippen molar-refractivity contribution < 1.29 is 14.3 Å². The van der Waals surface area contributed by atoms with E-state index >= 15 is 0 Å². The Labute approximate surface area is 76.5 Å². The maximum Gasteiger partial charge on any atom is 0.199 e.